The van der Waals surface area contributed by atoms with Crippen molar-refractivity contribution in [2.45, 2.75) is 27.2 Å². The Bertz CT molecular complexity index is 420. The number of nitrogens with one attached hydrogen (secondary N) is 1. The first-order valence-electron chi connectivity index (χ1n) is 5.46. The van der Waals surface area contributed by atoms with Gasteiger partial charge in [-0.2, -0.15) is 0 Å². The third-order valence-corrected chi connectivity index (χ3v) is 2.58. The number of carbonyl (C=O) groups is 2. The molecule has 0 bridgehead atoms. The van der Waals surface area contributed by atoms with Gasteiger partial charge < -0.3 is 14.8 Å². The van der Waals surface area contributed by atoms with E-state index in [1.807, 2.05) is 6.92 Å². The van der Waals surface area contributed by atoms with E-state index in [0.29, 0.717) is 17.7 Å². The van der Waals surface area contributed by atoms with Gasteiger partial charge in [0, 0.05) is 13.0 Å². The largest absolute Gasteiger partial charge is 0.481 e. The molecule has 1 amide bonds. The number of carboxylic acids is 1. The molecule has 0 aliphatic rings. The molecule has 0 aliphatic carbocycles. The fraction of sp³-hybridized carbons (Fsp3) is 0.500. The number of aliphatic carboxylic acids is 1. The molecular formula is C12H17NO4. The van der Waals surface area contributed by atoms with Gasteiger partial charge >= 0.3 is 5.97 Å². The highest BCUT2D eigenvalue weighted by molar-refractivity contribution is 5.95. The second-order valence-corrected chi connectivity index (χ2v) is 4.48. The van der Waals surface area contributed by atoms with Crippen LogP contribution in [0.3, 0.4) is 0 Å². The van der Waals surface area contributed by atoms with Crippen LogP contribution in [-0.2, 0) is 11.2 Å². The molecule has 1 rings (SSSR count). The molecule has 5 heteroatoms. The molecule has 94 valence electrons. The lowest BCUT2D eigenvalue weighted by Gasteiger charge is -2.19. The highest BCUT2D eigenvalue weighted by Gasteiger charge is 2.28. The predicted molar refractivity (Wildman–Crippen MR) is 61.8 cm³/mol. The zero-order valence-electron chi connectivity index (χ0n) is 10.2. The smallest absolute Gasteiger partial charge is 0.310 e. The van der Waals surface area contributed by atoms with E-state index in [1.165, 1.54) is 6.26 Å². The molecule has 0 saturated carbocycles. The number of amides is 1. The first kappa shape index (κ1) is 13.3. The second-order valence-electron chi connectivity index (χ2n) is 4.48. The number of carboxylic acid groups (broad SMARTS) is 1. The van der Waals surface area contributed by atoms with Crippen LogP contribution in [0.15, 0.2) is 16.7 Å². The maximum absolute atomic E-state index is 11.8. The van der Waals surface area contributed by atoms with Crippen LogP contribution in [0.2, 0.25) is 0 Å². The van der Waals surface area contributed by atoms with Crippen molar-refractivity contribution in [1.82, 2.24) is 5.32 Å². The molecule has 0 radical (unpaired) electrons. The Balaban J connectivity index is 2.65. The first-order chi connectivity index (χ1) is 7.88. The number of aryl methyl sites for hydroxylation is 1. The second kappa shape index (κ2) is 5.03. The summed E-state index contributed by atoms with van der Waals surface area (Å²) >= 11 is 0. The van der Waals surface area contributed by atoms with Gasteiger partial charge in [-0.3, -0.25) is 9.59 Å². The highest BCUT2D eigenvalue weighted by Crippen LogP contribution is 2.15. The predicted octanol–water partition coefficient (Wildman–Crippen LogP) is 1.68. The van der Waals surface area contributed by atoms with Gasteiger partial charge in [0.2, 0.25) is 0 Å². The van der Waals surface area contributed by atoms with E-state index in [4.69, 9.17) is 9.52 Å². The Morgan fingerprint density at radius 1 is 1.47 bits per heavy atom. The van der Waals surface area contributed by atoms with Crippen LogP contribution >= 0.6 is 0 Å². The SMILES string of the molecule is CCc1occc1C(=O)NCC(C)(C)C(=O)O. The lowest BCUT2D eigenvalue weighted by Crippen LogP contribution is -2.39. The minimum absolute atomic E-state index is 0.0789. The van der Waals surface area contributed by atoms with Crippen molar-refractivity contribution in [3.8, 4) is 0 Å². The van der Waals surface area contributed by atoms with E-state index in [1.54, 1.807) is 19.9 Å². The van der Waals surface area contributed by atoms with Gasteiger partial charge in [-0.05, 0) is 19.9 Å². The molecule has 0 fully saturated rings. The topological polar surface area (TPSA) is 79.5 Å². The van der Waals surface area contributed by atoms with Gasteiger partial charge in [0.15, 0.2) is 0 Å². The van der Waals surface area contributed by atoms with Crippen LogP contribution in [-0.4, -0.2) is 23.5 Å². The molecule has 1 aromatic rings. The van der Waals surface area contributed by atoms with Crippen LogP contribution in [0.25, 0.3) is 0 Å². The van der Waals surface area contributed by atoms with E-state index in [0.717, 1.165) is 0 Å². The molecule has 17 heavy (non-hydrogen) atoms. The van der Waals surface area contributed by atoms with Gasteiger partial charge in [0.1, 0.15) is 5.76 Å². The van der Waals surface area contributed by atoms with Crippen molar-refractivity contribution < 1.29 is 19.1 Å². The van der Waals surface area contributed by atoms with Crippen molar-refractivity contribution >= 4 is 11.9 Å². The summed E-state index contributed by atoms with van der Waals surface area (Å²) in [6.07, 6.45) is 2.08. The molecule has 0 unspecified atom stereocenters. The molecule has 2 N–H and O–H groups in total. The fourth-order valence-electron chi connectivity index (χ4n) is 1.29. The Morgan fingerprint density at radius 3 is 2.65 bits per heavy atom. The number of carbonyl (C=O) groups excluding carboxylic acids is 1. The van der Waals surface area contributed by atoms with E-state index in [2.05, 4.69) is 5.32 Å². The summed E-state index contributed by atoms with van der Waals surface area (Å²) in [6.45, 7) is 5.09. The number of rotatable bonds is 5. The van der Waals surface area contributed by atoms with Gasteiger partial charge in [-0.1, -0.05) is 6.92 Å². The monoisotopic (exact) mass is 239 g/mol. The molecule has 1 heterocycles. The van der Waals surface area contributed by atoms with Gasteiger partial charge in [0.25, 0.3) is 5.91 Å². The lowest BCUT2D eigenvalue weighted by atomic mass is 9.94. The summed E-state index contributed by atoms with van der Waals surface area (Å²) in [6, 6.07) is 1.59. The maximum atomic E-state index is 11.8. The minimum Gasteiger partial charge on any atom is -0.481 e. The van der Waals surface area contributed by atoms with Crippen molar-refractivity contribution in [3.05, 3.63) is 23.7 Å². The molecular weight excluding hydrogens is 222 g/mol. The van der Waals surface area contributed by atoms with Crippen molar-refractivity contribution in [2.75, 3.05) is 6.54 Å². The first-order valence-corrected chi connectivity index (χ1v) is 5.46. The van der Waals surface area contributed by atoms with Gasteiger partial charge in [-0.15, -0.1) is 0 Å². The quantitative estimate of drug-likeness (QED) is 0.819. The van der Waals surface area contributed by atoms with Crippen molar-refractivity contribution in [1.29, 1.82) is 0 Å². The molecule has 0 aromatic carbocycles. The molecule has 1 aromatic heterocycles. The maximum Gasteiger partial charge on any atom is 0.310 e. The normalized spacial score (nSPS) is 11.2. The number of hydrogen-bond donors (Lipinski definition) is 2. The zero-order valence-corrected chi connectivity index (χ0v) is 10.2. The number of hydrogen-bond acceptors (Lipinski definition) is 3. The van der Waals surface area contributed by atoms with Crippen LogP contribution in [0.5, 0.6) is 0 Å². The van der Waals surface area contributed by atoms with E-state index < -0.39 is 11.4 Å². The fourth-order valence-corrected chi connectivity index (χ4v) is 1.29. The van der Waals surface area contributed by atoms with Crippen LogP contribution in [0, 0.1) is 5.41 Å². The third kappa shape index (κ3) is 3.09. The standard InChI is InChI=1S/C12H17NO4/c1-4-9-8(5-6-17-9)10(14)13-7-12(2,3)11(15)16/h5-6H,4,7H2,1-3H3,(H,13,14)(H,15,16). The van der Waals surface area contributed by atoms with E-state index in [-0.39, 0.29) is 12.5 Å². The van der Waals surface area contributed by atoms with Crippen LogP contribution < -0.4 is 5.32 Å². The molecule has 0 saturated heterocycles. The molecule has 0 spiro atoms. The Labute approximate surface area is 99.8 Å². The summed E-state index contributed by atoms with van der Waals surface area (Å²) in [7, 11) is 0. The number of furan rings is 1. The van der Waals surface area contributed by atoms with Crippen molar-refractivity contribution in [2.24, 2.45) is 5.41 Å². The summed E-state index contributed by atoms with van der Waals surface area (Å²) in [5.41, 5.74) is -0.514. The average molecular weight is 239 g/mol. The summed E-state index contributed by atoms with van der Waals surface area (Å²) in [4.78, 5) is 22.7. The van der Waals surface area contributed by atoms with Gasteiger partial charge in [0.05, 0.1) is 17.2 Å². The summed E-state index contributed by atoms with van der Waals surface area (Å²) in [5, 5.41) is 11.5. The van der Waals surface area contributed by atoms with E-state index in [9.17, 15) is 9.59 Å². The molecule has 0 atom stereocenters. The summed E-state index contributed by atoms with van der Waals surface area (Å²) < 4.78 is 5.14. The minimum atomic E-state index is -0.980. The Kier molecular flexibility index (Phi) is 3.93. The summed E-state index contributed by atoms with van der Waals surface area (Å²) in [5.74, 6) is -0.638. The lowest BCUT2D eigenvalue weighted by molar-refractivity contribution is -0.146. The van der Waals surface area contributed by atoms with E-state index >= 15 is 0 Å². The van der Waals surface area contributed by atoms with Crippen LogP contribution in [0.4, 0.5) is 0 Å². The van der Waals surface area contributed by atoms with Crippen LogP contribution in [0.1, 0.15) is 36.9 Å². The van der Waals surface area contributed by atoms with Gasteiger partial charge in [-0.25, -0.2) is 0 Å². The highest BCUT2D eigenvalue weighted by atomic mass is 16.4. The molecule has 5 nitrogen and oxygen atoms in total. The van der Waals surface area contributed by atoms with Crippen molar-refractivity contribution in [3.63, 3.8) is 0 Å². The Morgan fingerprint density at radius 2 is 2.12 bits per heavy atom. The average Bonchev–Trinajstić information content (AvgIpc) is 2.73. The third-order valence-electron chi connectivity index (χ3n) is 2.58. The Hall–Kier alpha value is -1.78. The zero-order chi connectivity index (χ0) is 13.1. The molecule has 0 aliphatic heterocycles.